The van der Waals surface area contributed by atoms with E-state index in [9.17, 15) is 9.59 Å². The van der Waals surface area contributed by atoms with Crippen LogP contribution in [0.15, 0.2) is 24.3 Å². The summed E-state index contributed by atoms with van der Waals surface area (Å²) in [5.41, 5.74) is 6.32. The molecule has 4 nitrogen and oxygen atoms in total. The molecule has 0 heterocycles. The number of amides is 2. The van der Waals surface area contributed by atoms with Gasteiger partial charge in [-0.1, -0.05) is 27.2 Å². The molecule has 1 aromatic rings. The van der Waals surface area contributed by atoms with Gasteiger partial charge in [0.1, 0.15) is 0 Å². The summed E-state index contributed by atoms with van der Waals surface area (Å²) in [6.07, 6.45) is 2.60. The third kappa shape index (κ3) is 4.46. The standard InChI is InChI=1S/C18H25IN2O2/c1-18(2,3)14-6-4-5-13(16(20)22)15(14)17(23)21-12-9-7-11(19)8-10-12/h7-10,13-15H,4-6H2,1-3H3,(H2,20,22)(H,21,23). The summed E-state index contributed by atoms with van der Waals surface area (Å²) in [7, 11) is 0. The van der Waals surface area contributed by atoms with Crippen molar-refractivity contribution in [2.24, 2.45) is 28.9 Å². The van der Waals surface area contributed by atoms with Crippen molar-refractivity contribution in [3.63, 3.8) is 0 Å². The third-order valence-corrected chi connectivity index (χ3v) is 5.51. The van der Waals surface area contributed by atoms with Crippen LogP contribution in [0.5, 0.6) is 0 Å². The van der Waals surface area contributed by atoms with Gasteiger partial charge in [-0.3, -0.25) is 9.59 Å². The number of rotatable bonds is 3. The Labute approximate surface area is 151 Å². The SMILES string of the molecule is CC(C)(C)C1CCCC(C(N)=O)C1C(=O)Nc1ccc(I)cc1. The highest BCUT2D eigenvalue weighted by molar-refractivity contribution is 14.1. The lowest BCUT2D eigenvalue weighted by atomic mass is 9.62. The van der Waals surface area contributed by atoms with E-state index in [0.717, 1.165) is 22.1 Å². The summed E-state index contributed by atoms with van der Waals surface area (Å²) in [5, 5.41) is 2.98. The van der Waals surface area contributed by atoms with Crippen molar-refractivity contribution in [2.45, 2.75) is 40.0 Å². The summed E-state index contributed by atoms with van der Waals surface area (Å²) in [6, 6.07) is 7.66. The highest BCUT2D eigenvalue weighted by Gasteiger charge is 2.45. The van der Waals surface area contributed by atoms with E-state index in [-0.39, 0.29) is 35.0 Å². The average Bonchev–Trinajstić information content (AvgIpc) is 2.47. The molecule has 5 heteroatoms. The summed E-state index contributed by atoms with van der Waals surface area (Å²) in [4.78, 5) is 24.8. The van der Waals surface area contributed by atoms with Gasteiger partial charge in [0.15, 0.2) is 0 Å². The minimum atomic E-state index is -0.378. The second-order valence-electron chi connectivity index (χ2n) is 7.43. The summed E-state index contributed by atoms with van der Waals surface area (Å²) >= 11 is 2.23. The first-order valence-electron chi connectivity index (χ1n) is 8.06. The predicted molar refractivity (Wildman–Crippen MR) is 101 cm³/mol. The number of hydrogen-bond donors (Lipinski definition) is 2. The zero-order valence-corrected chi connectivity index (χ0v) is 16.1. The number of anilines is 1. The lowest BCUT2D eigenvalue weighted by Gasteiger charge is -2.42. The highest BCUT2D eigenvalue weighted by atomic mass is 127. The monoisotopic (exact) mass is 428 g/mol. The largest absolute Gasteiger partial charge is 0.369 e. The Morgan fingerprint density at radius 3 is 2.30 bits per heavy atom. The topological polar surface area (TPSA) is 72.2 Å². The molecule has 126 valence electrons. The molecule has 2 amide bonds. The molecule has 1 aliphatic carbocycles. The van der Waals surface area contributed by atoms with Gasteiger partial charge in [-0.25, -0.2) is 0 Å². The van der Waals surface area contributed by atoms with Gasteiger partial charge in [0, 0.05) is 15.2 Å². The molecule has 1 aromatic carbocycles. The van der Waals surface area contributed by atoms with Gasteiger partial charge in [0.2, 0.25) is 11.8 Å². The smallest absolute Gasteiger partial charge is 0.228 e. The van der Waals surface area contributed by atoms with E-state index in [4.69, 9.17) is 5.73 Å². The lowest BCUT2D eigenvalue weighted by molar-refractivity contribution is -0.136. The minimum absolute atomic E-state index is 0.0395. The first kappa shape index (κ1) is 18.2. The van der Waals surface area contributed by atoms with Gasteiger partial charge in [-0.05, 0) is 71.0 Å². The molecule has 1 saturated carbocycles. The zero-order chi connectivity index (χ0) is 17.2. The molecular formula is C18H25IN2O2. The summed E-state index contributed by atoms with van der Waals surface area (Å²) < 4.78 is 1.11. The molecule has 1 aliphatic rings. The molecule has 0 radical (unpaired) electrons. The van der Waals surface area contributed by atoms with Crippen LogP contribution in [0, 0.1) is 26.7 Å². The van der Waals surface area contributed by atoms with Gasteiger partial charge < -0.3 is 11.1 Å². The number of primary amides is 1. The van der Waals surface area contributed by atoms with Crippen LogP contribution >= 0.6 is 22.6 Å². The summed E-state index contributed by atoms with van der Waals surface area (Å²) in [5.74, 6) is -1.04. The molecule has 0 aliphatic heterocycles. The first-order chi connectivity index (χ1) is 10.7. The van der Waals surface area contributed by atoms with Crippen LogP contribution in [0.3, 0.4) is 0 Å². The second kappa shape index (κ2) is 7.20. The Morgan fingerprint density at radius 1 is 1.17 bits per heavy atom. The van der Waals surface area contributed by atoms with Crippen molar-refractivity contribution < 1.29 is 9.59 Å². The predicted octanol–water partition coefficient (Wildman–Crippen LogP) is 3.79. The van der Waals surface area contributed by atoms with Crippen molar-refractivity contribution in [2.75, 3.05) is 5.32 Å². The van der Waals surface area contributed by atoms with Crippen LogP contribution < -0.4 is 11.1 Å². The van der Waals surface area contributed by atoms with Crippen LogP contribution in [0.1, 0.15) is 40.0 Å². The normalized spacial score (nSPS) is 25.0. The molecule has 0 saturated heterocycles. The Balaban J connectivity index is 2.26. The van der Waals surface area contributed by atoms with Gasteiger partial charge in [0.05, 0.1) is 5.92 Å². The van der Waals surface area contributed by atoms with Gasteiger partial charge in [-0.15, -0.1) is 0 Å². The van der Waals surface area contributed by atoms with Gasteiger partial charge in [-0.2, -0.15) is 0 Å². The average molecular weight is 428 g/mol. The van der Waals surface area contributed by atoms with Crippen molar-refractivity contribution in [3.8, 4) is 0 Å². The third-order valence-electron chi connectivity index (χ3n) is 4.79. The van der Waals surface area contributed by atoms with Crippen LogP contribution in [0.2, 0.25) is 0 Å². The maximum atomic E-state index is 12.9. The number of benzene rings is 1. The molecule has 0 spiro atoms. The number of carbonyl (C=O) groups excluding carboxylic acids is 2. The number of carbonyl (C=O) groups is 2. The van der Waals surface area contributed by atoms with Crippen LogP contribution in [0.4, 0.5) is 5.69 Å². The van der Waals surface area contributed by atoms with E-state index in [1.165, 1.54) is 0 Å². The minimum Gasteiger partial charge on any atom is -0.369 e. The van der Waals surface area contributed by atoms with Crippen molar-refractivity contribution >= 4 is 40.1 Å². The second-order valence-corrected chi connectivity index (χ2v) is 8.68. The Morgan fingerprint density at radius 2 is 1.78 bits per heavy atom. The highest BCUT2D eigenvalue weighted by Crippen LogP contribution is 2.45. The molecule has 1 fully saturated rings. The van der Waals surface area contributed by atoms with Crippen molar-refractivity contribution in [3.05, 3.63) is 27.8 Å². The van der Waals surface area contributed by atoms with Crippen LogP contribution in [-0.2, 0) is 9.59 Å². The Hall–Kier alpha value is -1.11. The van der Waals surface area contributed by atoms with E-state index < -0.39 is 0 Å². The van der Waals surface area contributed by atoms with E-state index in [1.807, 2.05) is 24.3 Å². The van der Waals surface area contributed by atoms with Crippen molar-refractivity contribution in [1.82, 2.24) is 0 Å². The number of nitrogens with two attached hydrogens (primary N) is 1. The molecule has 0 aromatic heterocycles. The first-order valence-corrected chi connectivity index (χ1v) is 9.14. The number of halogens is 1. The molecule has 3 N–H and O–H groups in total. The maximum absolute atomic E-state index is 12.9. The van der Waals surface area contributed by atoms with E-state index in [2.05, 4.69) is 48.7 Å². The van der Waals surface area contributed by atoms with Crippen LogP contribution in [0.25, 0.3) is 0 Å². The van der Waals surface area contributed by atoms with E-state index in [0.29, 0.717) is 6.42 Å². The lowest BCUT2D eigenvalue weighted by Crippen LogP contribution is -2.47. The molecular weight excluding hydrogens is 403 g/mol. The molecule has 0 bridgehead atoms. The van der Waals surface area contributed by atoms with Gasteiger partial charge in [0.25, 0.3) is 0 Å². The Bertz CT molecular complexity index is 578. The van der Waals surface area contributed by atoms with E-state index >= 15 is 0 Å². The van der Waals surface area contributed by atoms with Gasteiger partial charge >= 0.3 is 0 Å². The fraction of sp³-hybridized carbons (Fsp3) is 0.556. The fourth-order valence-corrected chi connectivity index (χ4v) is 3.97. The fourth-order valence-electron chi connectivity index (χ4n) is 3.61. The molecule has 3 atom stereocenters. The number of nitrogens with one attached hydrogen (secondary N) is 1. The molecule has 23 heavy (non-hydrogen) atoms. The van der Waals surface area contributed by atoms with E-state index in [1.54, 1.807) is 0 Å². The number of hydrogen-bond acceptors (Lipinski definition) is 2. The molecule has 3 unspecified atom stereocenters. The zero-order valence-electron chi connectivity index (χ0n) is 13.9. The van der Waals surface area contributed by atoms with Crippen LogP contribution in [-0.4, -0.2) is 11.8 Å². The van der Waals surface area contributed by atoms with Crippen molar-refractivity contribution in [1.29, 1.82) is 0 Å². The quantitative estimate of drug-likeness (QED) is 0.720. The summed E-state index contributed by atoms with van der Waals surface area (Å²) in [6.45, 7) is 6.39. The molecule has 2 rings (SSSR count). The maximum Gasteiger partial charge on any atom is 0.228 e. The Kier molecular flexibility index (Phi) is 5.70.